The minimum absolute atomic E-state index is 0.0277. The number of aromatic hydroxyl groups is 1. The first-order valence-corrected chi connectivity index (χ1v) is 16.7. The Bertz CT molecular complexity index is 2130. The second-order valence-corrected chi connectivity index (χ2v) is 12.8. The van der Waals surface area contributed by atoms with E-state index in [1.807, 2.05) is 30.5 Å². The number of hydrogen-bond acceptors (Lipinski definition) is 9. The number of alkyl halides is 1. The van der Waals surface area contributed by atoms with Crippen LogP contribution in [0.5, 0.6) is 5.75 Å². The Balaban J connectivity index is 1.26. The van der Waals surface area contributed by atoms with Crippen LogP contribution < -0.4 is 10.9 Å². The summed E-state index contributed by atoms with van der Waals surface area (Å²) in [4.78, 5) is 52.3. The third-order valence-electron chi connectivity index (χ3n) is 8.75. The lowest BCUT2D eigenvalue weighted by Crippen LogP contribution is -2.47. The van der Waals surface area contributed by atoms with Crippen LogP contribution in [0.1, 0.15) is 40.2 Å². The number of halogens is 2. The van der Waals surface area contributed by atoms with Gasteiger partial charge in [-0.15, -0.1) is 16.9 Å². The van der Waals surface area contributed by atoms with Gasteiger partial charge in [0.1, 0.15) is 24.6 Å². The largest absolute Gasteiger partial charge is 0.505 e. The van der Waals surface area contributed by atoms with Crippen LogP contribution in [-0.2, 0) is 35.0 Å². The fourth-order valence-corrected chi connectivity index (χ4v) is 6.93. The Morgan fingerprint density at radius 3 is 2.60 bits per heavy atom. The van der Waals surface area contributed by atoms with Crippen molar-refractivity contribution in [3.8, 4) is 17.1 Å². The van der Waals surface area contributed by atoms with Gasteiger partial charge in [0, 0.05) is 29.7 Å². The summed E-state index contributed by atoms with van der Waals surface area (Å²) >= 11 is 7.91. The number of rotatable bonds is 7. The van der Waals surface area contributed by atoms with E-state index in [0.29, 0.717) is 46.7 Å². The molecule has 0 unspecified atom stereocenters. The highest BCUT2D eigenvalue weighted by molar-refractivity contribution is 7.98. The van der Waals surface area contributed by atoms with Crippen LogP contribution in [-0.4, -0.2) is 65.3 Å². The molecule has 1 fully saturated rings. The van der Waals surface area contributed by atoms with Crippen LogP contribution in [0.3, 0.4) is 0 Å². The van der Waals surface area contributed by atoms with Gasteiger partial charge in [0.05, 0.1) is 28.6 Å². The summed E-state index contributed by atoms with van der Waals surface area (Å²) in [6.07, 6.45) is 4.00. The van der Waals surface area contributed by atoms with E-state index in [-0.39, 0.29) is 48.5 Å². The van der Waals surface area contributed by atoms with E-state index in [2.05, 4.69) is 15.4 Å². The van der Waals surface area contributed by atoms with Gasteiger partial charge in [-0.25, -0.2) is 9.37 Å². The van der Waals surface area contributed by atoms with Crippen molar-refractivity contribution in [1.29, 1.82) is 0 Å². The Morgan fingerprint density at radius 1 is 1.15 bits per heavy atom. The van der Waals surface area contributed by atoms with E-state index in [4.69, 9.17) is 21.3 Å². The van der Waals surface area contributed by atoms with E-state index in [1.54, 1.807) is 27.3 Å². The van der Waals surface area contributed by atoms with Gasteiger partial charge in [-0.3, -0.25) is 14.4 Å². The highest BCUT2D eigenvalue weighted by Crippen LogP contribution is 2.43. The van der Waals surface area contributed by atoms with Gasteiger partial charge in [-0.05, 0) is 61.1 Å². The van der Waals surface area contributed by atoms with Gasteiger partial charge < -0.3 is 24.6 Å². The quantitative estimate of drug-likeness (QED) is 0.230. The summed E-state index contributed by atoms with van der Waals surface area (Å²) in [5.74, 6) is -0.609. The van der Waals surface area contributed by atoms with Gasteiger partial charge >= 0.3 is 0 Å². The molecule has 2 N–H and O–H groups in total. The summed E-state index contributed by atoms with van der Waals surface area (Å²) in [5, 5.41) is 17.7. The monoisotopic (exact) mass is 689 g/mol. The first-order valence-electron chi connectivity index (χ1n) is 15.1. The summed E-state index contributed by atoms with van der Waals surface area (Å²) in [6, 6.07) is 15.1. The molecule has 2 aromatic carbocycles. The Kier molecular flexibility index (Phi) is 8.39. The molecule has 3 aromatic heterocycles. The Labute approximate surface area is 282 Å². The maximum atomic E-state index is 14.2. The zero-order chi connectivity index (χ0) is 33.6. The van der Waals surface area contributed by atoms with Crippen molar-refractivity contribution in [1.82, 2.24) is 29.0 Å². The highest BCUT2D eigenvalue weighted by atomic mass is 35.5. The second kappa shape index (κ2) is 12.7. The molecule has 0 aliphatic carbocycles. The summed E-state index contributed by atoms with van der Waals surface area (Å²) in [7, 11) is 0. The number of thioether (sulfide) groups is 1. The number of carbonyl (C=O) groups is 2. The van der Waals surface area contributed by atoms with Crippen molar-refractivity contribution >= 4 is 46.6 Å². The molecule has 2 amide bonds. The molecular weight excluding hydrogens is 661 g/mol. The van der Waals surface area contributed by atoms with Gasteiger partial charge in [0.2, 0.25) is 11.7 Å². The first-order chi connectivity index (χ1) is 23.2. The number of amides is 2. The number of aromatic nitrogens is 5. The number of nitrogens with zero attached hydrogens (tertiary/aromatic N) is 6. The zero-order valence-corrected chi connectivity index (χ0v) is 27.2. The fraction of sp³-hybridized carbons (Fsp3) is 0.273. The molecule has 15 heteroatoms. The van der Waals surface area contributed by atoms with Crippen molar-refractivity contribution in [2.75, 3.05) is 24.7 Å². The van der Waals surface area contributed by atoms with Gasteiger partial charge in [-0.2, -0.15) is 9.50 Å². The molecule has 1 spiro atoms. The van der Waals surface area contributed by atoms with Crippen molar-refractivity contribution in [2.24, 2.45) is 0 Å². The van der Waals surface area contributed by atoms with Crippen LogP contribution in [0.25, 0.3) is 17.2 Å². The number of benzene rings is 2. The second-order valence-electron chi connectivity index (χ2n) is 11.5. The van der Waals surface area contributed by atoms with E-state index in [0.717, 1.165) is 4.90 Å². The Morgan fingerprint density at radius 2 is 1.92 bits per heavy atom. The number of fused-ring (bicyclic) bond motifs is 3. The number of hydrogen-bond donors (Lipinski definition) is 2. The molecule has 0 radical (unpaired) electrons. The lowest BCUT2D eigenvalue weighted by Gasteiger charge is -2.38. The molecule has 246 valence electrons. The summed E-state index contributed by atoms with van der Waals surface area (Å²) in [5.41, 5.74) is 0.730. The number of carbonyl (C=O) groups excluding carboxylic acids is 2. The average molecular weight is 690 g/mol. The number of piperidine rings is 1. The maximum Gasteiger partial charge on any atom is 0.282 e. The van der Waals surface area contributed by atoms with Crippen LogP contribution in [0, 0.1) is 0 Å². The summed E-state index contributed by atoms with van der Waals surface area (Å²) < 4.78 is 22.3. The third-order valence-corrected chi connectivity index (χ3v) is 9.81. The average Bonchev–Trinajstić information content (AvgIpc) is 3.71. The highest BCUT2D eigenvalue weighted by Gasteiger charge is 2.48. The van der Waals surface area contributed by atoms with Gasteiger partial charge in [0.15, 0.2) is 11.5 Å². The molecule has 5 aromatic rings. The van der Waals surface area contributed by atoms with Crippen molar-refractivity contribution in [3.05, 3.63) is 98.7 Å². The molecule has 5 heterocycles. The van der Waals surface area contributed by atoms with Crippen LogP contribution >= 0.6 is 23.4 Å². The van der Waals surface area contributed by atoms with Crippen molar-refractivity contribution in [3.63, 3.8) is 0 Å². The van der Waals surface area contributed by atoms with Gasteiger partial charge in [-0.1, -0.05) is 29.8 Å². The topological polar surface area (TPSA) is 144 Å². The molecule has 48 heavy (non-hydrogen) atoms. The number of likely N-dealkylation sites (tertiary alicyclic amines) is 1. The van der Waals surface area contributed by atoms with Gasteiger partial charge in [0.25, 0.3) is 11.5 Å². The lowest BCUT2D eigenvalue weighted by atomic mass is 9.85. The number of nitrogens with one attached hydrogen (secondary N) is 1. The zero-order valence-electron chi connectivity index (χ0n) is 25.7. The molecular formula is C33H29ClFN7O5S. The molecule has 2 aliphatic heterocycles. The van der Waals surface area contributed by atoms with Crippen LogP contribution in [0.2, 0.25) is 5.02 Å². The van der Waals surface area contributed by atoms with E-state index >= 15 is 0 Å². The molecule has 7 rings (SSSR count). The predicted molar refractivity (Wildman–Crippen MR) is 177 cm³/mol. The molecule has 0 atom stereocenters. The Hall–Kier alpha value is -4.79. The fourth-order valence-electron chi connectivity index (χ4n) is 6.27. The first kappa shape index (κ1) is 31.8. The lowest BCUT2D eigenvalue weighted by molar-refractivity contribution is -0.116. The van der Waals surface area contributed by atoms with E-state index in [9.17, 15) is 23.9 Å². The van der Waals surface area contributed by atoms with E-state index in [1.165, 1.54) is 35.0 Å². The smallest absolute Gasteiger partial charge is 0.282 e. The number of anilines is 1. The maximum absolute atomic E-state index is 14.2. The molecule has 12 nitrogen and oxygen atoms in total. The molecule has 2 aliphatic rings. The minimum Gasteiger partial charge on any atom is -0.505 e. The van der Waals surface area contributed by atoms with Crippen LogP contribution in [0.4, 0.5) is 10.1 Å². The molecule has 0 saturated carbocycles. The number of ether oxygens (including phenoxy) is 1. The van der Waals surface area contributed by atoms with E-state index < -0.39 is 29.6 Å². The normalized spacial score (nSPS) is 15.2. The van der Waals surface area contributed by atoms with Crippen molar-refractivity contribution in [2.45, 2.75) is 43.2 Å². The third kappa shape index (κ3) is 5.59. The van der Waals surface area contributed by atoms with Crippen LogP contribution in [0.15, 0.2) is 70.5 Å². The van der Waals surface area contributed by atoms with Crippen molar-refractivity contribution < 1.29 is 23.8 Å². The predicted octanol–water partition coefficient (Wildman–Crippen LogP) is 4.80. The molecule has 1 saturated heterocycles. The minimum atomic E-state index is -1.04. The number of pyridine rings is 1. The standard InChI is InChI=1S/C33H29ClFN7O5S/c1-48-21-7-5-20(6-8-21)29-38-32-41(17-26(44)37-23-9-4-19(16-35)15-22(23)34)24-18-47-33(27(24)30(45)42(32)39-29)10-13-40(14-11-33)31(46)28-25(43)3-2-12-36-28/h2-9,12,15,43H,10-11,13-14,16-18H2,1H3,(H,37,44). The molecule has 0 bridgehead atoms. The summed E-state index contributed by atoms with van der Waals surface area (Å²) in [6.45, 7) is -0.433. The SMILES string of the molecule is CSc1ccc(-c2nc3n(CC(=O)Nc4ccc(CF)cc4Cl)c4c(c(=O)n3n2)C2(CCN(C(=O)c3ncccc3O)CC2)OC4)cc1.